The third kappa shape index (κ3) is 2.05. The quantitative estimate of drug-likeness (QED) is 0.427. The average molecular weight is 168 g/mol. The largest absolute Gasteiger partial charge is 1.00 e. The molecule has 0 unspecified atom stereocenters. The van der Waals surface area contributed by atoms with E-state index >= 15 is 0 Å². The van der Waals surface area contributed by atoms with Gasteiger partial charge in [-0.3, -0.25) is 0 Å². The van der Waals surface area contributed by atoms with Crippen LogP contribution in [-0.2, 0) is 0 Å². The fourth-order valence-electron chi connectivity index (χ4n) is 0.439. The van der Waals surface area contributed by atoms with Crippen molar-refractivity contribution in [2.24, 2.45) is 0 Å². The molecule has 48 valence electrons. The van der Waals surface area contributed by atoms with Gasteiger partial charge in [0.05, 0.1) is 10.8 Å². The Kier molecular flexibility index (Phi) is 4.12. The molecule has 0 amide bonds. The molecule has 0 saturated carbocycles. The maximum atomic E-state index is 12.2. The summed E-state index contributed by atoms with van der Waals surface area (Å²) >= 11 is 0.821. The van der Waals surface area contributed by atoms with E-state index in [1.807, 2.05) is 0 Å². The molecule has 0 aliphatic heterocycles. The van der Waals surface area contributed by atoms with E-state index in [0.29, 0.717) is 0 Å². The summed E-state index contributed by atoms with van der Waals surface area (Å²) in [6.07, 6.45) is 0. The summed E-state index contributed by atoms with van der Waals surface area (Å²) in [5.74, 6) is -2.18. The van der Waals surface area contributed by atoms with Gasteiger partial charge in [-0.05, 0) is 11.4 Å². The van der Waals surface area contributed by atoms with Crippen LogP contribution in [-0.4, -0.2) is 5.97 Å². The summed E-state index contributed by atoms with van der Waals surface area (Å²) in [7, 11) is 0. The molecule has 0 aliphatic carbocycles. The zero-order chi connectivity index (χ0) is 6.85. The summed E-state index contributed by atoms with van der Waals surface area (Å²) in [6, 6.07) is 1.09. The first-order chi connectivity index (χ1) is 4.22. The predicted molar refractivity (Wildman–Crippen MR) is 28.6 cm³/mol. The number of thiophene rings is 1. The van der Waals surface area contributed by atoms with Crippen molar-refractivity contribution in [2.45, 2.75) is 0 Å². The SMILES string of the molecule is O=C([O-])c1sccc1F.[Na+]. The zero-order valence-electron chi connectivity index (χ0n) is 5.26. The van der Waals surface area contributed by atoms with E-state index < -0.39 is 11.8 Å². The van der Waals surface area contributed by atoms with Crippen LogP contribution in [0.25, 0.3) is 0 Å². The minimum atomic E-state index is -1.46. The van der Waals surface area contributed by atoms with Crippen LogP contribution in [0.5, 0.6) is 0 Å². The average Bonchev–Trinajstić information content (AvgIpc) is 2.13. The van der Waals surface area contributed by atoms with Gasteiger partial charge in [-0.2, -0.15) is 0 Å². The molecule has 10 heavy (non-hydrogen) atoms. The molecular weight excluding hydrogens is 166 g/mol. The maximum Gasteiger partial charge on any atom is 1.00 e. The predicted octanol–water partition coefficient (Wildman–Crippen LogP) is -2.75. The van der Waals surface area contributed by atoms with Crippen molar-refractivity contribution in [1.82, 2.24) is 0 Å². The standard InChI is InChI=1S/C5H3FO2S.Na/c6-3-1-2-9-4(3)5(7)8;/h1-2H,(H,7,8);/q;+1/p-1. The van der Waals surface area contributed by atoms with Gasteiger partial charge < -0.3 is 9.90 Å². The fraction of sp³-hybridized carbons (Fsp3) is 0. The Morgan fingerprint density at radius 3 is 2.50 bits per heavy atom. The maximum absolute atomic E-state index is 12.2. The number of halogens is 1. The molecule has 1 rings (SSSR count). The van der Waals surface area contributed by atoms with Gasteiger partial charge in [0.2, 0.25) is 0 Å². The third-order valence-electron chi connectivity index (χ3n) is 0.803. The first-order valence-electron chi connectivity index (χ1n) is 2.16. The second kappa shape index (κ2) is 4.08. The van der Waals surface area contributed by atoms with Gasteiger partial charge in [0.15, 0.2) is 0 Å². The Bertz CT molecular complexity index is 235. The van der Waals surface area contributed by atoms with Crippen molar-refractivity contribution in [3.63, 3.8) is 0 Å². The summed E-state index contributed by atoms with van der Waals surface area (Å²) < 4.78 is 12.2. The van der Waals surface area contributed by atoms with E-state index in [1.54, 1.807) is 0 Å². The van der Waals surface area contributed by atoms with Crippen LogP contribution in [0.4, 0.5) is 4.39 Å². The molecule has 1 aromatic heterocycles. The summed E-state index contributed by atoms with van der Waals surface area (Å²) in [4.78, 5) is 9.60. The molecule has 0 aromatic carbocycles. The van der Waals surface area contributed by atoms with Gasteiger partial charge in [-0.15, -0.1) is 11.3 Å². The van der Waals surface area contributed by atoms with Crippen LogP contribution >= 0.6 is 11.3 Å². The van der Waals surface area contributed by atoms with Gasteiger partial charge in [0.25, 0.3) is 0 Å². The smallest absolute Gasteiger partial charge is 0.544 e. The van der Waals surface area contributed by atoms with E-state index in [2.05, 4.69) is 0 Å². The minimum absolute atomic E-state index is 0. The van der Waals surface area contributed by atoms with Crippen LogP contribution in [0.3, 0.4) is 0 Å². The molecule has 5 heteroatoms. The van der Waals surface area contributed by atoms with E-state index in [0.717, 1.165) is 17.4 Å². The van der Waals surface area contributed by atoms with Gasteiger partial charge in [-0.1, -0.05) is 0 Å². The number of aromatic carboxylic acids is 1. The number of carboxylic acid groups (broad SMARTS) is 1. The summed E-state index contributed by atoms with van der Waals surface area (Å²) in [6.45, 7) is 0. The fourth-order valence-corrected chi connectivity index (χ4v) is 1.04. The van der Waals surface area contributed by atoms with E-state index in [-0.39, 0.29) is 34.4 Å². The first-order valence-corrected chi connectivity index (χ1v) is 3.04. The number of carbonyl (C=O) groups is 1. The molecule has 0 bridgehead atoms. The van der Waals surface area contributed by atoms with Crippen molar-refractivity contribution >= 4 is 17.3 Å². The van der Waals surface area contributed by atoms with Gasteiger partial charge in [0, 0.05) is 0 Å². The summed E-state index contributed by atoms with van der Waals surface area (Å²) in [5.41, 5.74) is 0. The van der Waals surface area contributed by atoms with Crippen molar-refractivity contribution in [3.8, 4) is 0 Å². The van der Waals surface area contributed by atoms with Crippen LogP contribution in [0.15, 0.2) is 11.4 Å². The van der Waals surface area contributed by atoms with E-state index in [9.17, 15) is 14.3 Å². The minimum Gasteiger partial charge on any atom is -0.544 e. The van der Waals surface area contributed by atoms with Crippen LogP contribution < -0.4 is 34.7 Å². The molecule has 0 spiro atoms. The number of rotatable bonds is 1. The Balaban J connectivity index is 0.000000810. The number of hydrogen-bond donors (Lipinski definition) is 0. The number of carbonyl (C=O) groups excluding carboxylic acids is 1. The molecule has 0 aliphatic rings. The van der Waals surface area contributed by atoms with Crippen LogP contribution in [0, 0.1) is 5.82 Å². The molecule has 2 nitrogen and oxygen atoms in total. The Labute approximate surface area is 83.0 Å². The molecule has 0 saturated heterocycles. The summed E-state index contributed by atoms with van der Waals surface area (Å²) in [5, 5.41) is 11.3. The van der Waals surface area contributed by atoms with Gasteiger partial charge in [0.1, 0.15) is 5.82 Å². The van der Waals surface area contributed by atoms with Crippen LogP contribution in [0.1, 0.15) is 9.67 Å². The molecule has 0 N–H and O–H groups in total. The van der Waals surface area contributed by atoms with Gasteiger partial charge >= 0.3 is 29.6 Å². The first kappa shape index (κ1) is 10.1. The zero-order valence-corrected chi connectivity index (χ0v) is 8.07. The molecular formula is C5H2FNaO2S. The normalized spacial score (nSPS) is 8.50. The topological polar surface area (TPSA) is 40.1 Å². The molecule has 0 atom stereocenters. The van der Waals surface area contributed by atoms with Crippen molar-refractivity contribution in [1.29, 1.82) is 0 Å². The van der Waals surface area contributed by atoms with Crippen molar-refractivity contribution < 1.29 is 43.8 Å². The Morgan fingerprint density at radius 2 is 2.30 bits per heavy atom. The second-order valence-electron chi connectivity index (χ2n) is 1.39. The molecule has 1 aromatic rings. The molecule has 1 heterocycles. The van der Waals surface area contributed by atoms with E-state index in [1.165, 1.54) is 5.38 Å². The Morgan fingerprint density at radius 1 is 1.70 bits per heavy atom. The number of hydrogen-bond acceptors (Lipinski definition) is 3. The molecule has 0 radical (unpaired) electrons. The third-order valence-corrected chi connectivity index (χ3v) is 1.67. The van der Waals surface area contributed by atoms with Crippen LogP contribution in [0.2, 0.25) is 0 Å². The van der Waals surface area contributed by atoms with Crippen molar-refractivity contribution in [3.05, 3.63) is 22.1 Å². The Hall–Kier alpha value is 0.1000. The van der Waals surface area contributed by atoms with Crippen molar-refractivity contribution in [2.75, 3.05) is 0 Å². The second-order valence-corrected chi connectivity index (χ2v) is 2.30. The van der Waals surface area contributed by atoms with Gasteiger partial charge in [-0.25, -0.2) is 4.39 Å². The molecule has 0 fully saturated rings. The monoisotopic (exact) mass is 168 g/mol. The number of carboxylic acids is 1. The van der Waals surface area contributed by atoms with E-state index in [4.69, 9.17) is 0 Å².